The van der Waals surface area contributed by atoms with E-state index in [9.17, 15) is 14.4 Å². The smallest absolute Gasteiger partial charge is 0.258 e. The van der Waals surface area contributed by atoms with Gasteiger partial charge < -0.3 is 10.1 Å². The van der Waals surface area contributed by atoms with Crippen molar-refractivity contribution in [1.82, 2.24) is 20.4 Å². The third-order valence-corrected chi connectivity index (χ3v) is 5.64. The van der Waals surface area contributed by atoms with Crippen molar-refractivity contribution >= 4 is 22.8 Å². The lowest BCUT2D eigenvalue weighted by Gasteiger charge is -2.16. The average Bonchev–Trinajstić information content (AvgIpc) is 3.57. The van der Waals surface area contributed by atoms with Crippen LogP contribution in [0.15, 0.2) is 48.5 Å². The fraction of sp³-hybridized carbons (Fsp3) is 0.208. The molecule has 33 heavy (non-hydrogen) atoms. The molecule has 0 spiro atoms. The van der Waals surface area contributed by atoms with E-state index < -0.39 is 11.7 Å². The van der Waals surface area contributed by atoms with Crippen LogP contribution < -0.4 is 10.1 Å². The van der Waals surface area contributed by atoms with E-state index in [1.807, 2.05) is 6.92 Å². The average molecular weight is 442 g/mol. The van der Waals surface area contributed by atoms with E-state index in [1.165, 1.54) is 18.2 Å². The Morgan fingerprint density at radius 1 is 1.21 bits per heavy atom. The number of nitriles is 1. The van der Waals surface area contributed by atoms with Gasteiger partial charge in [0.05, 0.1) is 22.9 Å². The maximum absolute atomic E-state index is 14.5. The van der Waals surface area contributed by atoms with Crippen LogP contribution in [0.25, 0.3) is 22.4 Å². The van der Waals surface area contributed by atoms with Crippen LogP contribution >= 0.6 is 0 Å². The summed E-state index contributed by atoms with van der Waals surface area (Å²) in [5, 5.41) is 22.6. The van der Waals surface area contributed by atoms with Gasteiger partial charge in [-0.05, 0) is 74.2 Å². The van der Waals surface area contributed by atoms with Crippen LogP contribution in [-0.4, -0.2) is 32.4 Å². The molecular formula is C24H19FN6O2. The number of amides is 1. The van der Waals surface area contributed by atoms with Crippen LogP contribution in [0.5, 0.6) is 5.75 Å². The highest BCUT2D eigenvalue weighted by molar-refractivity contribution is 6.05. The molecule has 1 aliphatic carbocycles. The summed E-state index contributed by atoms with van der Waals surface area (Å²) >= 11 is 0. The van der Waals surface area contributed by atoms with E-state index in [0.29, 0.717) is 45.3 Å². The van der Waals surface area contributed by atoms with Crippen molar-refractivity contribution in [3.05, 3.63) is 65.5 Å². The summed E-state index contributed by atoms with van der Waals surface area (Å²) in [6.07, 6.45) is 2.28. The molecule has 164 valence electrons. The molecule has 1 atom stereocenters. The number of aromatic amines is 1. The first-order chi connectivity index (χ1) is 16.0. The zero-order valence-corrected chi connectivity index (χ0v) is 17.7. The third kappa shape index (κ3) is 4.23. The third-order valence-electron chi connectivity index (χ3n) is 5.64. The predicted octanol–water partition coefficient (Wildman–Crippen LogP) is 4.46. The Labute approximate surface area is 188 Å². The van der Waals surface area contributed by atoms with Crippen molar-refractivity contribution in [3.8, 4) is 23.1 Å². The molecule has 0 bridgehead atoms. The molecule has 1 saturated carbocycles. The summed E-state index contributed by atoms with van der Waals surface area (Å²) < 4.78 is 20.4. The molecule has 0 radical (unpaired) electrons. The van der Waals surface area contributed by atoms with Crippen molar-refractivity contribution in [2.24, 2.45) is 5.92 Å². The number of pyridine rings is 1. The second-order valence-electron chi connectivity index (χ2n) is 7.99. The lowest BCUT2D eigenvalue weighted by atomic mass is 10.1. The van der Waals surface area contributed by atoms with Crippen LogP contribution in [0.4, 0.5) is 10.1 Å². The highest BCUT2D eigenvalue weighted by Gasteiger charge is 2.30. The zero-order chi connectivity index (χ0) is 22.9. The largest absolute Gasteiger partial charge is 0.489 e. The Hall–Kier alpha value is -4.32. The Kier molecular flexibility index (Phi) is 5.18. The molecule has 1 amide bonds. The molecule has 2 aromatic heterocycles. The number of anilines is 1. The van der Waals surface area contributed by atoms with Gasteiger partial charge in [0, 0.05) is 11.3 Å². The van der Waals surface area contributed by atoms with Crippen LogP contribution in [0.3, 0.4) is 0 Å². The van der Waals surface area contributed by atoms with Crippen LogP contribution in [0, 0.1) is 23.1 Å². The maximum atomic E-state index is 14.5. The van der Waals surface area contributed by atoms with Crippen molar-refractivity contribution in [1.29, 1.82) is 5.26 Å². The Bertz CT molecular complexity index is 1410. The highest BCUT2D eigenvalue weighted by atomic mass is 19.1. The van der Waals surface area contributed by atoms with E-state index in [1.54, 1.807) is 30.3 Å². The van der Waals surface area contributed by atoms with E-state index in [0.717, 1.165) is 12.8 Å². The van der Waals surface area contributed by atoms with E-state index in [4.69, 9.17) is 4.74 Å². The summed E-state index contributed by atoms with van der Waals surface area (Å²) in [5.41, 5.74) is 2.65. The summed E-state index contributed by atoms with van der Waals surface area (Å²) in [4.78, 5) is 17.2. The summed E-state index contributed by atoms with van der Waals surface area (Å²) in [6.45, 7) is 1.99. The lowest BCUT2D eigenvalue weighted by molar-refractivity contribution is 0.102. The van der Waals surface area contributed by atoms with E-state index >= 15 is 0 Å². The summed E-state index contributed by atoms with van der Waals surface area (Å²) in [7, 11) is 0. The molecule has 2 N–H and O–H groups in total. The van der Waals surface area contributed by atoms with Gasteiger partial charge in [0.1, 0.15) is 23.2 Å². The number of carbonyl (C=O) groups is 1. The molecule has 9 heteroatoms. The Morgan fingerprint density at radius 3 is 2.85 bits per heavy atom. The second-order valence-corrected chi connectivity index (χ2v) is 7.99. The van der Waals surface area contributed by atoms with E-state index in [2.05, 4.69) is 31.8 Å². The molecule has 2 aromatic carbocycles. The molecule has 1 aliphatic rings. The predicted molar refractivity (Wildman–Crippen MR) is 119 cm³/mol. The minimum absolute atomic E-state index is 0.0273. The van der Waals surface area contributed by atoms with Crippen molar-refractivity contribution in [2.75, 3.05) is 5.32 Å². The van der Waals surface area contributed by atoms with Gasteiger partial charge in [0.15, 0.2) is 0 Å². The van der Waals surface area contributed by atoms with Crippen LogP contribution in [0.2, 0.25) is 0 Å². The molecule has 4 aromatic rings. The number of H-pyrrole nitrogens is 1. The van der Waals surface area contributed by atoms with Crippen LogP contribution in [0.1, 0.15) is 35.7 Å². The molecule has 1 unspecified atom stereocenters. The van der Waals surface area contributed by atoms with E-state index in [-0.39, 0.29) is 11.7 Å². The molecule has 0 aliphatic heterocycles. The molecule has 2 heterocycles. The first-order valence-electron chi connectivity index (χ1n) is 10.5. The fourth-order valence-electron chi connectivity index (χ4n) is 3.61. The number of fused-ring (bicyclic) bond motifs is 1. The number of nitrogens with one attached hydrogen (secondary N) is 2. The number of nitrogens with zero attached hydrogens (tertiary/aromatic N) is 4. The standard InChI is InChI=1S/C24H19FN6O2/c1-13(14-2-3-14)33-22-9-5-17(10-16(22)12-26)27-24(32)18-11-15(4-6-19(18)25)20-7-8-21-23(28-20)30-31-29-21/h4-11,13-14H,2-3H2,1H3,(H,27,32)(H,28,29,30,31). The maximum Gasteiger partial charge on any atom is 0.258 e. The molecule has 0 saturated heterocycles. The van der Waals surface area contributed by atoms with Crippen molar-refractivity contribution in [2.45, 2.75) is 25.9 Å². The van der Waals surface area contributed by atoms with Gasteiger partial charge in [0.2, 0.25) is 5.65 Å². The number of carbonyl (C=O) groups excluding carboxylic acids is 1. The number of halogens is 1. The Morgan fingerprint density at radius 2 is 2.06 bits per heavy atom. The normalized spacial score (nSPS) is 14.0. The molecular weight excluding hydrogens is 423 g/mol. The molecule has 1 fully saturated rings. The van der Waals surface area contributed by atoms with Crippen molar-refractivity contribution in [3.63, 3.8) is 0 Å². The van der Waals surface area contributed by atoms with Crippen molar-refractivity contribution < 1.29 is 13.9 Å². The Balaban J connectivity index is 1.38. The number of rotatable bonds is 6. The quantitative estimate of drug-likeness (QED) is 0.455. The number of benzene rings is 2. The lowest BCUT2D eigenvalue weighted by Crippen LogP contribution is -2.16. The fourth-order valence-corrected chi connectivity index (χ4v) is 3.61. The zero-order valence-electron chi connectivity index (χ0n) is 17.7. The van der Waals surface area contributed by atoms with Gasteiger partial charge in [-0.15, -0.1) is 5.10 Å². The van der Waals surface area contributed by atoms with Gasteiger partial charge in [-0.2, -0.15) is 15.6 Å². The van der Waals surface area contributed by atoms with Gasteiger partial charge in [-0.3, -0.25) is 4.79 Å². The van der Waals surface area contributed by atoms with Gasteiger partial charge in [-0.1, -0.05) is 0 Å². The monoisotopic (exact) mass is 442 g/mol. The van der Waals surface area contributed by atoms with Gasteiger partial charge in [-0.25, -0.2) is 9.37 Å². The highest BCUT2D eigenvalue weighted by Crippen LogP contribution is 2.35. The number of hydrogen-bond donors (Lipinski definition) is 2. The topological polar surface area (TPSA) is 117 Å². The van der Waals surface area contributed by atoms with Gasteiger partial charge in [0.25, 0.3) is 5.91 Å². The number of hydrogen-bond acceptors (Lipinski definition) is 6. The van der Waals surface area contributed by atoms with Gasteiger partial charge >= 0.3 is 0 Å². The molecule has 8 nitrogen and oxygen atoms in total. The SMILES string of the molecule is CC(Oc1ccc(NC(=O)c2cc(-c3ccc4n[nH]nc4n3)ccc2F)cc1C#N)C1CC1. The minimum atomic E-state index is -0.669. The first-order valence-corrected chi connectivity index (χ1v) is 10.5. The second kappa shape index (κ2) is 8.31. The van der Waals surface area contributed by atoms with Crippen LogP contribution in [-0.2, 0) is 0 Å². The number of ether oxygens (including phenoxy) is 1. The summed E-state index contributed by atoms with van der Waals surface area (Å²) in [6, 6.07) is 14.6. The first kappa shape index (κ1) is 20.6. The molecule has 5 rings (SSSR count). The summed E-state index contributed by atoms with van der Waals surface area (Å²) in [5.74, 6) is -0.318. The number of aromatic nitrogens is 4. The minimum Gasteiger partial charge on any atom is -0.489 e.